The zero-order chi connectivity index (χ0) is 21.1. The fourth-order valence-electron chi connectivity index (χ4n) is 2.45. The van der Waals surface area contributed by atoms with Crippen LogP contribution in [0.2, 0.25) is 0 Å². The molecule has 0 radical (unpaired) electrons. The van der Waals surface area contributed by atoms with E-state index >= 15 is 0 Å². The quantitative estimate of drug-likeness (QED) is 0.240. The molecule has 1 aliphatic rings. The first kappa shape index (κ1) is 21.9. The van der Waals surface area contributed by atoms with E-state index in [0.717, 1.165) is 4.57 Å². The molecule has 5 atom stereocenters. The minimum atomic E-state index is -4.73. The van der Waals surface area contributed by atoms with Crippen molar-refractivity contribution < 1.29 is 43.6 Å². The van der Waals surface area contributed by atoms with E-state index < -0.39 is 62.9 Å². The van der Waals surface area contributed by atoms with E-state index in [9.17, 15) is 28.9 Å². The molecule has 1 unspecified atom stereocenters. The van der Waals surface area contributed by atoms with Crippen molar-refractivity contribution in [3.05, 3.63) is 22.7 Å². The van der Waals surface area contributed by atoms with Crippen molar-refractivity contribution in [2.24, 2.45) is 0 Å². The molecule has 0 bridgehead atoms. The molecule has 1 aromatic rings. The number of hydrogen-bond acceptors (Lipinski definition) is 9. The van der Waals surface area contributed by atoms with Gasteiger partial charge in [-0.1, -0.05) is 0 Å². The Morgan fingerprint density at radius 3 is 2.75 bits per heavy atom. The molecule has 15 heteroatoms. The number of nitrogens with one attached hydrogen (secondary N) is 1. The minimum absolute atomic E-state index is 0.00122. The number of rotatable bonds is 9. The Hall–Kier alpha value is -2.35. The number of nitrogens with zero attached hydrogens (tertiary/aromatic N) is 2. The molecule has 2 rings (SSSR count). The van der Waals surface area contributed by atoms with Gasteiger partial charge in [0.25, 0.3) is 0 Å². The van der Waals surface area contributed by atoms with Crippen LogP contribution in [0.5, 0.6) is 0 Å². The third-order valence-electron chi connectivity index (χ3n) is 3.78. The number of carboxylic acid groups (broad SMARTS) is 2. The fraction of sp³-hybridized carbons (Fsp3) is 0.538. The van der Waals surface area contributed by atoms with Crippen molar-refractivity contribution in [1.82, 2.24) is 14.6 Å². The summed E-state index contributed by atoms with van der Waals surface area (Å²) in [6, 6.07) is -0.517. The normalized spacial score (nSPS) is 25.1. The summed E-state index contributed by atoms with van der Waals surface area (Å²) in [7, 11) is -4.73. The number of carboxylic acids is 2. The summed E-state index contributed by atoms with van der Waals surface area (Å²) in [6.45, 7) is -0.630. The number of aromatic nitrogens is 2. The highest BCUT2D eigenvalue weighted by Crippen LogP contribution is 2.39. The highest BCUT2D eigenvalue weighted by Gasteiger charge is 2.38. The van der Waals surface area contributed by atoms with Crippen LogP contribution in [0.25, 0.3) is 0 Å². The van der Waals surface area contributed by atoms with Gasteiger partial charge in [0.1, 0.15) is 24.2 Å². The van der Waals surface area contributed by atoms with Gasteiger partial charge in [0.2, 0.25) is 0 Å². The van der Waals surface area contributed by atoms with E-state index in [2.05, 4.69) is 4.98 Å². The Balaban J connectivity index is 1.97. The number of anilines is 1. The summed E-state index contributed by atoms with van der Waals surface area (Å²) in [5, 5.41) is 29.3. The van der Waals surface area contributed by atoms with Gasteiger partial charge in [-0.25, -0.2) is 14.4 Å². The van der Waals surface area contributed by atoms with Crippen molar-refractivity contribution in [3.8, 4) is 0 Å². The average Bonchev–Trinajstić information content (AvgIpc) is 2.92. The number of aliphatic hydroxyl groups is 1. The van der Waals surface area contributed by atoms with E-state index in [1.54, 1.807) is 5.09 Å². The Morgan fingerprint density at radius 2 is 2.18 bits per heavy atom. The van der Waals surface area contributed by atoms with Crippen molar-refractivity contribution in [2.45, 2.75) is 37.3 Å². The fourth-order valence-corrected chi connectivity index (χ4v) is 3.47. The van der Waals surface area contributed by atoms with E-state index in [-0.39, 0.29) is 12.2 Å². The number of aliphatic hydroxyl groups excluding tert-OH is 1. The largest absolute Gasteiger partial charge is 0.481 e. The van der Waals surface area contributed by atoms with Gasteiger partial charge in [-0.2, -0.15) is 4.98 Å². The molecular weight excluding hydrogens is 403 g/mol. The molecule has 1 fully saturated rings. The molecule has 0 amide bonds. The lowest BCUT2D eigenvalue weighted by atomic mass is 10.2. The Kier molecular flexibility index (Phi) is 6.87. The summed E-state index contributed by atoms with van der Waals surface area (Å²) in [5.41, 5.74) is 4.67. The van der Waals surface area contributed by atoms with Crippen LogP contribution in [0.15, 0.2) is 17.1 Å². The number of nitrogens with two attached hydrogens (primary N) is 1. The lowest BCUT2D eigenvalue weighted by Gasteiger charge is -2.20. The molecule has 1 aromatic heterocycles. The van der Waals surface area contributed by atoms with Gasteiger partial charge in [-0.15, -0.1) is 0 Å². The van der Waals surface area contributed by atoms with Crippen LogP contribution >= 0.6 is 7.75 Å². The maximum Gasteiger partial charge on any atom is 0.403 e. The standard InChI is InChI=1S/C13H19N4O10P/c14-9-1-2-17(13(23)15-9)10-4-7(18)8(27-10)5-26-28(24,25)16-6(12(21)22)3-11(19)20/h1-2,6-8,10,18H,3-5H2,(H,19,20)(H,21,22)(H2,14,15,23)(H2,16,24,25)/t6-,7-,8+,10+/m0/s1. The van der Waals surface area contributed by atoms with E-state index in [1.807, 2.05) is 0 Å². The summed E-state index contributed by atoms with van der Waals surface area (Å²) in [5.74, 6) is -3.16. The number of aliphatic carboxylic acids is 2. The van der Waals surface area contributed by atoms with Crippen LogP contribution in [-0.4, -0.2) is 66.6 Å². The Labute approximate surface area is 157 Å². The Morgan fingerprint density at radius 1 is 1.50 bits per heavy atom. The molecule has 0 spiro atoms. The average molecular weight is 422 g/mol. The lowest BCUT2D eigenvalue weighted by Crippen LogP contribution is -2.37. The van der Waals surface area contributed by atoms with Gasteiger partial charge in [-0.05, 0) is 6.07 Å². The van der Waals surface area contributed by atoms with Crippen molar-refractivity contribution in [3.63, 3.8) is 0 Å². The molecule has 0 aromatic carbocycles. The summed E-state index contributed by atoms with van der Waals surface area (Å²) >= 11 is 0. The van der Waals surface area contributed by atoms with Gasteiger partial charge in [0, 0.05) is 12.6 Å². The van der Waals surface area contributed by atoms with Gasteiger partial charge in [0.15, 0.2) is 0 Å². The number of nitrogen functional groups attached to an aromatic ring is 1. The van der Waals surface area contributed by atoms with Crippen LogP contribution in [0.1, 0.15) is 19.1 Å². The molecule has 7 N–H and O–H groups in total. The van der Waals surface area contributed by atoms with Crippen molar-refractivity contribution >= 4 is 25.5 Å². The second-order valence-corrected chi connectivity index (χ2v) is 7.47. The topological polar surface area (TPSA) is 224 Å². The second kappa shape index (κ2) is 8.77. The van der Waals surface area contributed by atoms with Crippen LogP contribution < -0.4 is 16.5 Å². The molecular formula is C13H19N4O10P. The van der Waals surface area contributed by atoms with Crippen LogP contribution in [0.4, 0.5) is 5.82 Å². The first-order valence-electron chi connectivity index (χ1n) is 7.86. The number of carbonyl (C=O) groups is 2. The molecule has 0 saturated carbocycles. The monoisotopic (exact) mass is 422 g/mol. The molecule has 28 heavy (non-hydrogen) atoms. The lowest BCUT2D eigenvalue weighted by molar-refractivity contribution is -0.145. The summed E-state index contributed by atoms with van der Waals surface area (Å²) < 4.78 is 23.2. The molecule has 1 aliphatic heterocycles. The number of hydrogen-bond donors (Lipinski definition) is 6. The van der Waals surface area contributed by atoms with E-state index in [0.29, 0.717) is 0 Å². The molecule has 2 heterocycles. The third-order valence-corrected chi connectivity index (χ3v) is 4.91. The Bertz CT molecular complexity index is 845. The second-order valence-electron chi connectivity index (χ2n) is 5.91. The maximum atomic E-state index is 12.0. The van der Waals surface area contributed by atoms with Gasteiger partial charge < -0.3 is 30.7 Å². The van der Waals surface area contributed by atoms with E-state index in [4.69, 9.17) is 25.2 Å². The molecule has 1 saturated heterocycles. The maximum absolute atomic E-state index is 12.0. The van der Waals surface area contributed by atoms with Gasteiger partial charge >= 0.3 is 25.4 Å². The summed E-state index contributed by atoms with van der Waals surface area (Å²) in [4.78, 5) is 46.6. The van der Waals surface area contributed by atoms with Gasteiger partial charge in [-0.3, -0.25) is 18.7 Å². The highest BCUT2D eigenvalue weighted by atomic mass is 31.2. The first-order chi connectivity index (χ1) is 13.0. The number of ether oxygens (including phenoxy) is 1. The predicted octanol–water partition coefficient (Wildman–Crippen LogP) is -1.89. The molecule has 14 nitrogen and oxygen atoms in total. The zero-order valence-electron chi connectivity index (χ0n) is 14.2. The van der Waals surface area contributed by atoms with Crippen LogP contribution in [-0.2, 0) is 23.4 Å². The zero-order valence-corrected chi connectivity index (χ0v) is 15.1. The predicted molar refractivity (Wildman–Crippen MR) is 90.0 cm³/mol. The SMILES string of the molecule is Nc1ccn([C@H]2C[C@H](O)[C@@H](COP(=O)(O)N[C@@H](CC(=O)O)C(=O)O)O2)c(=O)n1. The molecule has 156 valence electrons. The van der Waals surface area contributed by atoms with Crippen molar-refractivity contribution in [1.29, 1.82) is 0 Å². The minimum Gasteiger partial charge on any atom is -0.481 e. The molecule has 0 aliphatic carbocycles. The third kappa shape index (κ3) is 5.82. The highest BCUT2D eigenvalue weighted by molar-refractivity contribution is 7.50. The smallest absolute Gasteiger partial charge is 0.403 e. The summed E-state index contributed by atoms with van der Waals surface area (Å²) in [6.07, 6.45) is -2.88. The van der Waals surface area contributed by atoms with Crippen LogP contribution in [0, 0.1) is 0 Å². The van der Waals surface area contributed by atoms with E-state index in [1.165, 1.54) is 12.3 Å². The van der Waals surface area contributed by atoms with Crippen LogP contribution in [0.3, 0.4) is 0 Å². The van der Waals surface area contributed by atoms with Crippen molar-refractivity contribution in [2.75, 3.05) is 12.3 Å². The van der Waals surface area contributed by atoms with Gasteiger partial charge in [0.05, 0.1) is 19.1 Å². The first-order valence-corrected chi connectivity index (χ1v) is 9.44.